The van der Waals surface area contributed by atoms with Gasteiger partial charge in [0.25, 0.3) is 0 Å². The maximum absolute atomic E-state index is 12.0. The van der Waals surface area contributed by atoms with E-state index in [4.69, 9.17) is 5.11 Å². The second-order valence-electron chi connectivity index (χ2n) is 6.30. The minimum absolute atomic E-state index is 0.00513. The Bertz CT molecular complexity index is 1060. The van der Waals surface area contributed by atoms with Crippen LogP contribution < -0.4 is 10.6 Å². The zero-order valence-electron chi connectivity index (χ0n) is 15.6. The summed E-state index contributed by atoms with van der Waals surface area (Å²) in [5, 5.41) is 19.3. The largest absolute Gasteiger partial charge is 0.394 e. The molecule has 10 heteroatoms. The Kier molecular flexibility index (Phi) is 5.90. The highest BCUT2D eigenvalue weighted by Crippen LogP contribution is 2.20. The van der Waals surface area contributed by atoms with Crippen LogP contribution in [0.4, 0.5) is 17.5 Å². The molecular formula is C18H22N6O3S. The highest BCUT2D eigenvalue weighted by molar-refractivity contribution is 7.90. The Morgan fingerprint density at radius 2 is 2.00 bits per heavy atom. The summed E-state index contributed by atoms with van der Waals surface area (Å²) in [4.78, 5) is 9.01. The third-order valence-electron chi connectivity index (χ3n) is 4.01. The first-order valence-corrected chi connectivity index (χ1v) is 10.5. The minimum Gasteiger partial charge on any atom is -0.394 e. The third-order valence-corrected chi connectivity index (χ3v) is 5.21. The van der Waals surface area contributed by atoms with Gasteiger partial charge in [-0.2, -0.15) is 10.1 Å². The molecule has 1 aromatic carbocycles. The third kappa shape index (κ3) is 4.84. The average molecular weight is 402 g/mol. The fourth-order valence-electron chi connectivity index (χ4n) is 2.65. The molecule has 0 saturated carbocycles. The Morgan fingerprint density at radius 1 is 1.21 bits per heavy atom. The average Bonchev–Trinajstić information content (AvgIpc) is 3.09. The topological polar surface area (TPSA) is 122 Å². The van der Waals surface area contributed by atoms with Crippen LogP contribution in [0.2, 0.25) is 0 Å². The van der Waals surface area contributed by atoms with Gasteiger partial charge in [-0.25, -0.2) is 13.4 Å². The van der Waals surface area contributed by atoms with Crippen molar-refractivity contribution in [2.24, 2.45) is 0 Å². The highest BCUT2D eigenvalue weighted by atomic mass is 32.2. The van der Waals surface area contributed by atoms with Crippen LogP contribution in [0, 0.1) is 6.92 Å². The van der Waals surface area contributed by atoms with E-state index in [1.165, 1.54) is 6.26 Å². The molecule has 0 aliphatic heterocycles. The summed E-state index contributed by atoms with van der Waals surface area (Å²) in [7, 11) is -3.31. The summed E-state index contributed by atoms with van der Waals surface area (Å²) in [6.07, 6.45) is 6.24. The molecule has 9 nitrogen and oxygen atoms in total. The number of anilines is 3. The van der Waals surface area contributed by atoms with Gasteiger partial charge in [0.05, 0.1) is 29.9 Å². The number of benzene rings is 1. The van der Waals surface area contributed by atoms with Crippen LogP contribution in [-0.2, 0) is 22.9 Å². The molecule has 148 valence electrons. The first kappa shape index (κ1) is 19.8. The maximum Gasteiger partial charge on any atom is 0.229 e. The molecular weight excluding hydrogens is 380 g/mol. The summed E-state index contributed by atoms with van der Waals surface area (Å²) in [5.74, 6) is 0.983. The van der Waals surface area contributed by atoms with Gasteiger partial charge in [0, 0.05) is 30.8 Å². The quantitative estimate of drug-likeness (QED) is 0.521. The van der Waals surface area contributed by atoms with E-state index >= 15 is 0 Å². The molecule has 0 bridgehead atoms. The number of aryl methyl sites for hydroxylation is 1. The number of aliphatic hydroxyl groups excluding tert-OH is 1. The van der Waals surface area contributed by atoms with E-state index < -0.39 is 9.84 Å². The molecule has 0 atom stereocenters. The molecule has 0 amide bonds. The molecule has 0 unspecified atom stereocenters. The maximum atomic E-state index is 12.0. The van der Waals surface area contributed by atoms with Crippen molar-refractivity contribution in [1.82, 2.24) is 19.7 Å². The Hall–Kier alpha value is -2.98. The Morgan fingerprint density at radius 3 is 2.75 bits per heavy atom. The van der Waals surface area contributed by atoms with E-state index in [0.29, 0.717) is 41.0 Å². The molecule has 0 aliphatic rings. The van der Waals surface area contributed by atoms with E-state index in [1.54, 1.807) is 47.5 Å². The second kappa shape index (κ2) is 8.36. The molecule has 2 heterocycles. The van der Waals surface area contributed by atoms with Crippen molar-refractivity contribution in [3.63, 3.8) is 0 Å². The number of aromatic nitrogens is 4. The molecule has 0 fully saturated rings. The van der Waals surface area contributed by atoms with Crippen molar-refractivity contribution >= 4 is 27.3 Å². The summed E-state index contributed by atoms with van der Waals surface area (Å²) in [5.41, 5.74) is 2.20. The van der Waals surface area contributed by atoms with E-state index in [-0.39, 0.29) is 6.61 Å². The van der Waals surface area contributed by atoms with E-state index in [1.807, 2.05) is 6.92 Å². The molecule has 0 spiro atoms. The fourth-order valence-corrected chi connectivity index (χ4v) is 3.60. The van der Waals surface area contributed by atoms with E-state index in [2.05, 4.69) is 25.7 Å². The van der Waals surface area contributed by atoms with Gasteiger partial charge in [0.15, 0.2) is 9.84 Å². The van der Waals surface area contributed by atoms with Crippen LogP contribution in [0.1, 0.15) is 11.1 Å². The molecule has 28 heavy (non-hydrogen) atoms. The fraction of sp³-hybridized carbons (Fsp3) is 0.278. The highest BCUT2D eigenvalue weighted by Gasteiger charge is 2.13. The number of hydrogen-bond donors (Lipinski definition) is 3. The van der Waals surface area contributed by atoms with Gasteiger partial charge in [-0.05, 0) is 18.6 Å². The van der Waals surface area contributed by atoms with E-state index in [9.17, 15) is 8.42 Å². The Balaban J connectivity index is 1.75. The zero-order valence-corrected chi connectivity index (χ0v) is 16.4. The van der Waals surface area contributed by atoms with Crippen LogP contribution in [0.5, 0.6) is 0 Å². The monoisotopic (exact) mass is 402 g/mol. The van der Waals surface area contributed by atoms with Crippen LogP contribution in [-0.4, -0.2) is 46.1 Å². The lowest BCUT2D eigenvalue weighted by Crippen LogP contribution is -2.09. The molecule has 0 aliphatic carbocycles. The number of sulfone groups is 1. The van der Waals surface area contributed by atoms with Gasteiger partial charge < -0.3 is 15.7 Å². The van der Waals surface area contributed by atoms with Crippen molar-refractivity contribution < 1.29 is 13.5 Å². The van der Waals surface area contributed by atoms with Gasteiger partial charge in [-0.1, -0.05) is 18.2 Å². The lowest BCUT2D eigenvalue weighted by molar-refractivity contribution is 0.269. The first-order chi connectivity index (χ1) is 13.4. The summed E-state index contributed by atoms with van der Waals surface area (Å²) >= 11 is 0. The van der Waals surface area contributed by atoms with Gasteiger partial charge >= 0.3 is 0 Å². The van der Waals surface area contributed by atoms with Gasteiger partial charge in [-0.3, -0.25) is 4.68 Å². The standard InChI is InChI=1S/C18H22N6O3S/c1-13-9-20-18(22-15-11-21-24(12-15)7-8-25)23-17(13)19-10-14-5-3-4-6-16(14)28(2,26)27/h3-6,9,11-12,25H,7-8,10H2,1-2H3,(H2,19,20,22,23). The summed E-state index contributed by atoms with van der Waals surface area (Å²) in [6.45, 7) is 2.59. The molecule has 0 radical (unpaired) electrons. The van der Waals surface area contributed by atoms with Crippen LogP contribution in [0.3, 0.4) is 0 Å². The number of hydrogen-bond acceptors (Lipinski definition) is 8. The molecule has 0 saturated heterocycles. The van der Waals surface area contributed by atoms with Crippen molar-refractivity contribution in [3.8, 4) is 0 Å². The van der Waals surface area contributed by atoms with Crippen LogP contribution >= 0.6 is 0 Å². The van der Waals surface area contributed by atoms with Crippen molar-refractivity contribution in [2.75, 3.05) is 23.5 Å². The second-order valence-corrected chi connectivity index (χ2v) is 8.28. The number of nitrogens with one attached hydrogen (secondary N) is 2. The smallest absolute Gasteiger partial charge is 0.229 e. The zero-order chi connectivity index (χ0) is 20.1. The predicted octanol–water partition coefficient (Wildman–Crippen LogP) is 1.73. The molecule has 3 N–H and O–H groups in total. The van der Waals surface area contributed by atoms with Gasteiger partial charge in [-0.15, -0.1) is 0 Å². The van der Waals surface area contributed by atoms with Gasteiger partial charge in [0.2, 0.25) is 5.95 Å². The predicted molar refractivity (Wildman–Crippen MR) is 106 cm³/mol. The molecule has 3 aromatic rings. The SMILES string of the molecule is Cc1cnc(Nc2cnn(CCO)c2)nc1NCc1ccccc1S(C)(=O)=O. The summed E-state index contributed by atoms with van der Waals surface area (Å²) in [6, 6.07) is 6.87. The normalized spacial score (nSPS) is 11.4. The molecule has 3 rings (SSSR count). The number of aliphatic hydroxyl groups is 1. The van der Waals surface area contributed by atoms with Crippen molar-refractivity contribution in [2.45, 2.75) is 24.9 Å². The molecule has 2 aromatic heterocycles. The lowest BCUT2D eigenvalue weighted by atomic mass is 10.2. The van der Waals surface area contributed by atoms with Crippen LogP contribution in [0.15, 0.2) is 47.8 Å². The number of nitrogens with zero attached hydrogens (tertiary/aromatic N) is 4. The lowest BCUT2D eigenvalue weighted by Gasteiger charge is -2.12. The van der Waals surface area contributed by atoms with Crippen molar-refractivity contribution in [3.05, 3.63) is 54.0 Å². The van der Waals surface area contributed by atoms with Crippen LogP contribution in [0.25, 0.3) is 0 Å². The summed E-state index contributed by atoms with van der Waals surface area (Å²) < 4.78 is 25.5. The first-order valence-electron chi connectivity index (χ1n) is 8.62. The van der Waals surface area contributed by atoms with Gasteiger partial charge in [0.1, 0.15) is 5.82 Å². The minimum atomic E-state index is -3.31. The Labute approximate surface area is 163 Å². The van der Waals surface area contributed by atoms with E-state index in [0.717, 1.165) is 5.56 Å². The van der Waals surface area contributed by atoms with Crippen molar-refractivity contribution in [1.29, 1.82) is 0 Å². The number of rotatable bonds is 8.